The van der Waals surface area contributed by atoms with Crippen molar-refractivity contribution in [3.63, 3.8) is 0 Å². The first kappa shape index (κ1) is 15.8. The summed E-state index contributed by atoms with van der Waals surface area (Å²) >= 11 is 0. The number of allylic oxidation sites excluding steroid dienone is 2. The average molecular weight is 327 g/mol. The van der Waals surface area contributed by atoms with E-state index in [0.29, 0.717) is 5.92 Å². The molecule has 7 N–H and O–H groups in total. The molecule has 4 rings (SSSR count). The minimum atomic E-state index is -0.0298. The average Bonchev–Trinajstić information content (AvgIpc) is 2.73. The molecule has 130 valence electrons. The molecule has 0 saturated carbocycles. The third kappa shape index (κ3) is 1.94. The fraction of sp³-hybridized carbons (Fsp3) is 0.632. The van der Waals surface area contributed by atoms with Crippen molar-refractivity contribution < 1.29 is 0 Å². The summed E-state index contributed by atoms with van der Waals surface area (Å²) in [4.78, 5) is 0. The lowest BCUT2D eigenvalue weighted by atomic mass is 9.67. The maximum atomic E-state index is 8.86. The molecule has 5 nitrogen and oxygen atoms in total. The molecule has 0 bridgehead atoms. The minimum absolute atomic E-state index is 0.00342. The topological polar surface area (TPSA) is 100.0 Å². The Morgan fingerprint density at radius 2 is 2.00 bits per heavy atom. The minimum Gasteiger partial charge on any atom is -0.401 e. The second-order valence-electron chi connectivity index (χ2n) is 8.47. The molecular formula is C19H29N5. The Morgan fingerprint density at radius 3 is 2.71 bits per heavy atom. The maximum Gasteiger partial charge on any atom is 0.0632 e. The highest BCUT2D eigenvalue weighted by molar-refractivity contribution is 5.94. The highest BCUT2D eigenvalue weighted by atomic mass is 15.1. The predicted molar refractivity (Wildman–Crippen MR) is 97.2 cm³/mol. The lowest BCUT2D eigenvalue weighted by Gasteiger charge is -2.46. The monoisotopic (exact) mass is 327 g/mol. The van der Waals surface area contributed by atoms with Crippen LogP contribution >= 0.6 is 0 Å². The van der Waals surface area contributed by atoms with E-state index >= 15 is 0 Å². The Kier molecular flexibility index (Phi) is 3.21. The van der Waals surface area contributed by atoms with Crippen molar-refractivity contribution in [3.8, 4) is 0 Å². The van der Waals surface area contributed by atoms with Gasteiger partial charge in [-0.25, -0.2) is 0 Å². The van der Waals surface area contributed by atoms with Crippen molar-refractivity contribution in [2.45, 2.75) is 58.2 Å². The van der Waals surface area contributed by atoms with Crippen LogP contribution in [-0.2, 0) is 0 Å². The van der Waals surface area contributed by atoms with Crippen molar-refractivity contribution >= 4 is 5.71 Å². The zero-order valence-electron chi connectivity index (χ0n) is 15.0. The molecule has 4 aliphatic rings. The molecule has 24 heavy (non-hydrogen) atoms. The van der Waals surface area contributed by atoms with Crippen LogP contribution in [0.3, 0.4) is 0 Å². The van der Waals surface area contributed by atoms with Gasteiger partial charge in [0.15, 0.2) is 0 Å². The summed E-state index contributed by atoms with van der Waals surface area (Å²) in [6, 6.07) is 0.182. The summed E-state index contributed by atoms with van der Waals surface area (Å²) in [6.07, 6.45) is 3.96. The van der Waals surface area contributed by atoms with Crippen molar-refractivity contribution in [3.05, 3.63) is 34.3 Å². The van der Waals surface area contributed by atoms with Crippen LogP contribution in [0.5, 0.6) is 0 Å². The smallest absolute Gasteiger partial charge is 0.0632 e. The molecule has 0 aromatic carbocycles. The first-order valence-electron chi connectivity index (χ1n) is 9.02. The van der Waals surface area contributed by atoms with Crippen molar-refractivity contribution in [2.24, 2.45) is 29.2 Å². The molecule has 5 unspecified atom stereocenters. The first-order valence-corrected chi connectivity index (χ1v) is 9.02. The molecule has 2 aliphatic heterocycles. The van der Waals surface area contributed by atoms with E-state index in [1.165, 1.54) is 16.8 Å². The van der Waals surface area contributed by atoms with Gasteiger partial charge in [-0.15, -0.1) is 0 Å². The van der Waals surface area contributed by atoms with E-state index in [-0.39, 0.29) is 29.5 Å². The second kappa shape index (κ2) is 4.88. The van der Waals surface area contributed by atoms with Gasteiger partial charge >= 0.3 is 0 Å². The number of hydrogen-bond donors (Lipinski definition) is 5. The number of nitrogens with one attached hydrogen (secondary N) is 3. The molecule has 0 spiro atoms. The molecular weight excluding hydrogens is 298 g/mol. The summed E-state index contributed by atoms with van der Waals surface area (Å²) in [5.74, 6) is 0.509. The number of fused-ring (bicyclic) bond motifs is 3. The maximum absolute atomic E-state index is 8.86. The van der Waals surface area contributed by atoms with E-state index in [9.17, 15) is 0 Å². The summed E-state index contributed by atoms with van der Waals surface area (Å²) in [5, 5.41) is 16.3. The fourth-order valence-electron chi connectivity index (χ4n) is 4.95. The highest BCUT2D eigenvalue weighted by Crippen LogP contribution is 2.46. The second-order valence-corrected chi connectivity index (χ2v) is 8.47. The summed E-state index contributed by atoms with van der Waals surface area (Å²) in [7, 11) is 0. The summed E-state index contributed by atoms with van der Waals surface area (Å²) in [6.45, 7) is 8.84. The number of hydrogen-bond acceptors (Lipinski definition) is 5. The SMILES string of the molecule is CC1=C2NC3C4=C(C=C(N)C3C(=N)C2CCC1N)NC(C)(C)C4C. The third-order valence-corrected chi connectivity index (χ3v) is 6.77. The Labute approximate surface area is 144 Å². The molecule has 0 radical (unpaired) electrons. The molecule has 1 fully saturated rings. The van der Waals surface area contributed by atoms with Gasteiger partial charge in [-0.3, -0.25) is 0 Å². The number of piperidine rings is 1. The van der Waals surface area contributed by atoms with E-state index in [4.69, 9.17) is 16.9 Å². The van der Waals surface area contributed by atoms with Crippen LogP contribution in [0.25, 0.3) is 0 Å². The van der Waals surface area contributed by atoms with Crippen LogP contribution in [0.2, 0.25) is 0 Å². The van der Waals surface area contributed by atoms with E-state index in [2.05, 4.69) is 44.4 Å². The Morgan fingerprint density at radius 1 is 1.29 bits per heavy atom. The highest BCUT2D eigenvalue weighted by Gasteiger charge is 2.50. The quantitative estimate of drug-likeness (QED) is 0.468. The first-order chi connectivity index (χ1) is 11.2. The van der Waals surface area contributed by atoms with Crippen molar-refractivity contribution in [1.29, 1.82) is 5.41 Å². The number of nitrogens with two attached hydrogens (primary N) is 2. The Hall–Kier alpha value is -1.75. The van der Waals surface area contributed by atoms with Gasteiger partial charge in [0.05, 0.1) is 12.0 Å². The van der Waals surface area contributed by atoms with Crippen LogP contribution in [-0.4, -0.2) is 23.3 Å². The molecule has 0 aromatic heterocycles. The lowest BCUT2D eigenvalue weighted by molar-refractivity contribution is 0.341. The molecule has 2 aliphatic carbocycles. The molecule has 0 aromatic rings. The van der Waals surface area contributed by atoms with Crippen LogP contribution in [0, 0.1) is 23.2 Å². The summed E-state index contributed by atoms with van der Waals surface area (Å²) < 4.78 is 0. The zero-order valence-corrected chi connectivity index (χ0v) is 15.0. The van der Waals surface area contributed by atoms with E-state index in [0.717, 1.165) is 29.9 Å². The van der Waals surface area contributed by atoms with Crippen LogP contribution in [0.15, 0.2) is 34.3 Å². The predicted octanol–water partition coefficient (Wildman–Crippen LogP) is 1.73. The van der Waals surface area contributed by atoms with Crippen molar-refractivity contribution in [2.75, 3.05) is 0 Å². The lowest BCUT2D eigenvalue weighted by Crippen LogP contribution is -2.56. The van der Waals surface area contributed by atoms with Gasteiger partial charge in [0, 0.05) is 46.2 Å². The normalized spacial score (nSPS) is 40.3. The van der Waals surface area contributed by atoms with Crippen LogP contribution in [0.1, 0.15) is 40.5 Å². The number of rotatable bonds is 0. The molecule has 2 heterocycles. The molecule has 5 heteroatoms. The van der Waals surface area contributed by atoms with Gasteiger partial charge in [0.1, 0.15) is 0 Å². The van der Waals surface area contributed by atoms with Crippen LogP contribution in [0.4, 0.5) is 0 Å². The Bertz CT molecular complexity index is 711. The summed E-state index contributed by atoms with van der Waals surface area (Å²) in [5.41, 5.74) is 19.2. The van der Waals surface area contributed by atoms with E-state index in [1.807, 2.05) is 0 Å². The molecule has 1 saturated heterocycles. The van der Waals surface area contributed by atoms with Gasteiger partial charge in [0.2, 0.25) is 0 Å². The molecule has 0 amide bonds. The zero-order chi connectivity index (χ0) is 17.4. The van der Waals surface area contributed by atoms with Crippen LogP contribution < -0.4 is 22.1 Å². The van der Waals surface area contributed by atoms with Gasteiger partial charge in [-0.2, -0.15) is 0 Å². The van der Waals surface area contributed by atoms with Gasteiger partial charge < -0.3 is 27.5 Å². The standard InChI is InChI=1S/C19H29N5/c1-8-11(20)6-5-10-16(22)15-12(21)7-13-14(18(15)23-17(8)10)9(2)19(3,4)24-13/h7,9-11,15,18,22-24H,5-6,20-21H2,1-4H3. The van der Waals surface area contributed by atoms with Crippen molar-refractivity contribution in [1.82, 2.24) is 10.6 Å². The van der Waals surface area contributed by atoms with E-state index < -0.39 is 0 Å². The van der Waals surface area contributed by atoms with Gasteiger partial charge in [0.25, 0.3) is 0 Å². The third-order valence-electron chi connectivity index (χ3n) is 6.77. The van der Waals surface area contributed by atoms with E-state index in [1.54, 1.807) is 0 Å². The van der Waals surface area contributed by atoms with Gasteiger partial charge in [-0.05, 0) is 50.8 Å². The Balaban J connectivity index is 1.81. The van der Waals surface area contributed by atoms with Gasteiger partial charge in [-0.1, -0.05) is 6.92 Å². The fourth-order valence-corrected chi connectivity index (χ4v) is 4.95. The molecule has 5 atom stereocenters. The largest absolute Gasteiger partial charge is 0.401 e.